The molecule has 1 atom stereocenters. The van der Waals surface area contributed by atoms with Crippen molar-refractivity contribution in [1.82, 2.24) is 14.4 Å². The number of carbonyl (C=O) groups excluding carboxylic acids is 1. The zero-order valence-electron chi connectivity index (χ0n) is 16.1. The average molecular weight is 412 g/mol. The van der Waals surface area contributed by atoms with E-state index in [1.54, 1.807) is 47.4 Å². The van der Waals surface area contributed by atoms with E-state index in [4.69, 9.17) is 0 Å². The maximum atomic E-state index is 13.4. The first kappa shape index (κ1) is 20.8. The Bertz CT molecular complexity index is 1010. The van der Waals surface area contributed by atoms with Crippen LogP contribution in [0.2, 0.25) is 0 Å². The molecule has 2 aromatic carbocycles. The molecule has 3 aromatic rings. The van der Waals surface area contributed by atoms with Gasteiger partial charge in [-0.15, -0.1) is 0 Å². The van der Waals surface area contributed by atoms with E-state index in [1.165, 1.54) is 23.5 Å². The second-order valence-electron chi connectivity index (χ2n) is 6.50. The van der Waals surface area contributed by atoms with Crippen molar-refractivity contribution in [3.8, 4) is 0 Å². The second-order valence-corrected chi connectivity index (χ2v) is 8.22. The summed E-state index contributed by atoms with van der Waals surface area (Å²) in [5.41, 5.74) is 0.833. The number of rotatable bonds is 9. The van der Waals surface area contributed by atoms with Gasteiger partial charge in [-0.1, -0.05) is 49.4 Å². The molecule has 1 unspecified atom stereocenters. The van der Waals surface area contributed by atoms with Gasteiger partial charge in [0.2, 0.25) is 10.0 Å². The number of hydrogen-bond donors (Lipinski definition) is 1. The third-order valence-electron chi connectivity index (χ3n) is 4.34. The lowest BCUT2D eigenvalue weighted by molar-refractivity contribution is -0.121. The molecule has 1 amide bonds. The van der Waals surface area contributed by atoms with Crippen LogP contribution in [0, 0.1) is 6.07 Å². The van der Waals surface area contributed by atoms with Crippen LogP contribution in [-0.4, -0.2) is 36.6 Å². The van der Waals surface area contributed by atoms with E-state index in [-0.39, 0.29) is 17.2 Å². The summed E-state index contributed by atoms with van der Waals surface area (Å²) in [6.45, 7) is 2.38. The minimum absolute atomic E-state index is 0.115. The monoisotopic (exact) mass is 411 g/mol. The van der Waals surface area contributed by atoms with Crippen LogP contribution < -0.4 is 9.73 Å². The summed E-state index contributed by atoms with van der Waals surface area (Å²) >= 11 is 0. The Labute approximate surface area is 171 Å². The van der Waals surface area contributed by atoms with Crippen molar-refractivity contribution in [1.29, 1.82) is 0 Å². The fourth-order valence-electron chi connectivity index (χ4n) is 2.95. The van der Waals surface area contributed by atoms with Gasteiger partial charge in [0.25, 0.3) is 5.91 Å². The van der Waals surface area contributed by atoms with E-state index in [1.807, 2.05) is 19.1 Å². The Kier molecular flexibility index (Phi) is 6.79. The number of benzene rings is 2. The van der Waals surface area contributed by atoms with E-state index in [0.717, 1.165) is 5.56 Å². The average Bonchev–Trinajstić information content (AvgIpc) is 3.27. The Morgan fingerprint density at radius 3 is 2.55 bits per heavy atom. The second kappa shape index (κ2) is 9.49. The molecule has 0 saturated heterocycles. The van der Waals surface area contributed by atoms with Crippen molar-refractivity contribution in [2.45, 2.75) is 30.7 Å². The Morgan fingerprint density at radius 1 is 1.21 bits per heavy atom. The zero-order chi connectivity index (χ0) is 20.7. The summed E-state index contributed by atoms with van der Waals surface area (Å²) in [5.74, 6) is -0.350. The number of hydrogen-bond acceptors (Lipinski definition) is 4. The molecule has 151 valence electrons. The molecule has 8 heteroatoms. The highest BCUT2D eigenvalue weighted by Crippen LogP contribution is 2.12. The molecule has 0 bridgehead atoms. The number of aromatic nitrogens is 2. The van der Waals surface area contributed by atoms with Gasteiger partial charge in [0.05, 0.1) is 4.90 Å². The number of nitrogens with one attached hydrogen (secondary N) is 1. The summed E-state index contributed by atoms with van der Waals surface area (Å²) in [7, 11) is -3.87. The molecule has 0 fully saturated rings. The Hall–Kier alpha value is -2.97. The van der Waals surface area contributed by atoms with E-state index >= 15 is 0 Å². The Balaban J connectivity index is 1.93. The molecule has 0 aliphatic heterocycles. The van der Waals surface area contributed by atoms with Crippen LogP contribution >= 0.6 is 0 Å². The first-order valence-corrected chi connectivity index (χ1v) is 10.8. The quantitative estimate of drug-likeness (QED) is 0.585. The highest BCUT2D eigenvalue weighted by Gasteiger charge is 2.30. The van der Waals surface area contributed by atoms with Crippen LogP contribution in [0.15, 0.2) is 78.2 Å². The van der Waals surface area contributed by atoms with Gasteiger partial charge in [-0.05, 0) is 36.6 Å². The van der Waals surface area contributed by atoms with E-state index < -0.39 is 16.1 Å². The van der Waals surface area contributed by atoms with Gasteiger partial charge < -0.3 is 0 Å². The molecule has 0 spiro atoms. The highest BCUT2D eigenvalue weighted by molar-refractivity contribution is 7.89. The summed E-state index contributed by atoms with van der Waals surface area (Å²) < 4.78 is 30.0. The van der Waals surface area contributed by atoms with E-state index in [9.17, 15) is 13.2 Å². The smallest absolute Gasteiger partial charge is 0.259 e. The minimum atomic E-state index is -3.87. The maximum Gasteiger partial charge on any atom is 0.259 e. The predicted molar refractivity (Wildman–Crippen MR) is 110 cm³/mol. The minimum Gasteiger partial charge on any atom is -0.271 e. The van der Waals surface area contributed by atoms with Gasteiger partial charge in [0.15, 0.2) is 0 Å². The molecule has 1 radical (unpaired) electrons. The molecule has 0 aliphatic carbocycles. The highest BCUT2D eigenvalue weighted by atomic mass is 32.2. The molecular formula is C21H23N4O3S. The third-order valence-corrected chi connectivity index (χ3v) is 5.82. The molecule has 0 saturated carbocycles. The molecule has 0 aliphatic rings. The number of imidazole rings is 1. The topological polar surface area (TPSA) is 84.3 Å². The lowest BCUT2D eigenvalue weighted by Gasteiger charge is -2.28. The molecular weight excluding hydrogens is 388 g/mol. The van der Waals surface area contributed by atoms with Gasteiger partial charge in [0.1, 0.15) is 12.4 Å². The summed E-state index contributed by atoms with van der Waals surface area (Å²) in [5, 5.41) is 1.50. The molecule has 1 heterocycles. The first-order chi connectivity index (χ1) is 14.0. The van der Waals surface area contributed by atoms with Crippen LogP contribution in [0.3, 0.4) is 0 Å². The van der Waals surface area contributed by atoms with Gasteiger partial charge in [-0.2, -0.15) is 4.72 Å². The maximum absolute atomic E-state index is 13.4. The van der Waals surface area contributed by atoms with Crippen LogP contribution in [0.4, 0.5) is 0 Å². The lowest BCUT2D eigenvalue weighted by Crippen LogP contribution is -2.53. The fraction of sp³-hybridized carbons (Fsp3) is 0.238. The molecule has 29 heavy (non-hydrogen) atoms. The lowest BCUT2D eigenvalue weighted by atomic mass is 10.1. The first-order valence-electron chi connectivity index (χ1n) is 9.33. The molecule has 3 rings (SSSR count). The normalized spacial score (nSPS) is 12.4. The van der Waals surface area contributed by atoms with Crippen LogP contribution in [0.5, 0.6) is 0 Å². The number of nitrogens with zero attached hydrogens (tertiary/aromatic N) is 3. The van der Waals surface area contributed by atoms with Crippen molar-refractivity contribution in [3.05, 3.63) is 84.9 Å². The zero-order valence-corrected chi connectivity index (χ0v) is 16.9. The summed E-state index contributed by atoms with van der Waals surface area (Å²) in [6.07, 6.45) is 5.69. The number of carbonyl (C=O) groups is 1. The van der Waals surface area contributed by atoms with Gasteiger partial charge in [-0.25, -0.2) is 23.1 Å². The third kappa shape index (κ3) is 5.30. The van der Waals surface area contributed by atoms with Crippen molar-refractivity contribution in [3.63, 3.8) is 0 Å². The molecule has 1 N–H and O–H groups in total. The van der Waals surface area contributed by atoms with E-state index in [2.05, 4.69) is 15.8 Å². The van der Waals surface area contributed by atoms with Crippen molar-refractivity contribution in [2.24, 2.45) is 0 Å². The van der Waals surface area contributed by atoms with Gasteiger partial charge in [0, 0.05) is 18.9 Å². The van der Waals surface area contributed by atoms with Gasteiger partial charge >= 0.3 is 0 Å². The largest absolute Gasteiger partial charge is 0.271 e. The summed E-state index contributed by atoms with van der Waals surface area (Å²) in [4.78, 5) is 17.5. The van der Waals surface area contributed by atoms with Crippen molar-refractivity contribution < 1.29 is 13.2 Å². The SMILES string of the molecule is CCCN(C(=O)C(Cc1cc[c]cc1)NS(=O)(=O)c1ccccc1)n1ccnc1. The fourth-order valence-corrected chi connectivity index (χ4v) is 4.16. The summed E-state index contributed by atoms with van der Waals surface area (Å²) in [6, 6.07) is 17.1. The van der Waals surface area contributed by atoms with Gasteiger partial charge in [-0.3, -0.25) is 4.79 Å². The van der Waals surface area contributed by atoms with Crippen molar-refractivity contribution in [2.75, 3.05) is 11.6 Å². The van der Waals surface area contributed by atoms with Crippen molar-refractivity contribution >= 4 is 15.9 Å². The molecule has 7 nitrogen and oxygen atoms in total. The predicted octanol–water partition coefficient (Wildman–Crippen LogP) is 2.15. The number of sulfonamides is 1. The van der Waals surface area contributed by atoms with Crippen LogP contribution in [0.1, 0.15) is 18.9 Å². The Morgan fingerprint density at radius 2 is 1.93 bits per heavy atom. The van der Waals surface area contributed by atoms with Crippen LogP contribution in [0.25, 0.3) is 0 Å². The van der Waals surface area contributed by atoms with Crippen LogP contribution in [-0.2, 0) is 21.2 Å². The number of amides is 1. The molecule has 1 aromatic heterocycles. The standard InChI is InChI=1S/C21H23N4O3S/c1-2-14-25(24-15-13-22-17-24)21(26)20(16-18-9-5-3-6-10-18)23-29(27,28)19-11-7-4-8-12-19/h4-13,15,17,20,23H,2,14,16H2,1H3. The van der Waals surface area contributed by atoms with E-state index in [0.29, 0.717) is 13.0 Å².